The van der Waals surface area contributed by atoms with Gasteiger partial charge in [-0.2, -0.15) is 9.78 Å². The number of halogens is 2. The van der Waals surface area contributed by atoms with E-state index in [-0.39, 0.29) is 11.4 Å². The lowest BCUT2D eigenvalue weighted by Crippen LogP contribution is -2.20. The van der Waals surface area contributed by atoms with Crippen LogP contribution in [0.4, 0.5) is 0 Å². The summed E-state index contributed by atoms with van der Waals surface area (Å²) in [6, 6.07) is 32.3. The van der Waals surface area contributed by atoms with Crippen LogP contribution in [0.1, 0.15) is 11.1 Å². The zero-order valence-corrected chi connectivity index (χ0v) is 25.7. The predicted molar refractivity (Wildman–Crippen MR) is 178 cm³/mol. The first-order chi connectivity index (χ1) is 21.5. The molecule has 7 rings (SSSR count). The Morgan fingerprint density at radius 1 is 0.932 bits per heavy atom. The molecule has 0 aliphatic heterocycles. The van der Waals surface area contributed by atoms with Crippen molar-refractivity contribution in [3.63, 3.8) is 0 Å². The van der Waals surface area contributed by atoms with Crippen molar-refractivity contribution >= 4 is 66.4 Å². The lowest BCUT2D eigenvalue weighted by Gasteiger charge is -2.13. The van der Waals surface area contributed by atoms with E-state index < -0.39 is 0 Å². The molecule has 2 aromatic heterocycles. The second-order valence-corrected chi connectivity index (χ2v) is 11.3. The van der Waals surface area contributed by atoms with Gasteiger partial charge in [-0.25, -0.2) is 4.98 Å². The van der Waals surface area contributed by atoms with Crippen LogP contribution >= 0.6 is 27.5 Å². The molecule has 216 valence electrons. The molecule has 7 aromatic rings. The fraction of sp³-hybridized carbons (Fsp3) is 0.0571. The van der Waals surface area contributed by atoms with Crippen molar-refractivity contribution in [2.24, 2.45) is 5.10 Å². The number of ether oxygens (including phenoxy) is 2. The second kappa shape index (κ2) is 11.6. The first kappa shape index (κ1) is 27.9. The van der Waals surface area contributed by atoms with Crippen molar-refractivity contribution in [1.82, 2.24) is 9.66 Å². The van der Waals surface area contributed by atoms with Crippen LogP contribution in [0.2, 0.25) is 5.02 Å². The van der Waals surface area contributed by atoms with Gasteiger partial charge < -0.3 is 13.9 Å². The van der Waals surface area contributed by atoms with Gasteiger partial charge >= 0.3 is 0 Å². The molecular weight excluding hydrogens is 642 g/mol. The number of benzene rings is 5. The van der Waals surface area contributed by atoms with Gasteiger partial charge in [0.25, 0.3) is 5.56 Å². The first-order valence-electron chi connectivity index (χ1n) is 13.7. The molecule has 0 N–H and O–H groups in total. The Morgan fingerprint density at radius 3 is 2.55 bits per heavy atom. The van der Waals surface area contributed by atoms with E-state index >= 15 is 0 Å². The monoisotopic (exact) mass is 663 g/mol. The molecular formula is C35H23BrClN3O4. The van der Waals surface area contributed by atoms with Crippen LogP contribution in [0.5, 0.6) is 11.5 Å². The molecule has 0 saturated carbocycles. The zero-order chi connectivity index (χ0) is 30.2. The van der Waals surface area contributed by atoms with Gasteiger partial charge in [0.2, 0.25) is 5.82 Å². The number of furan rings is 1. The van der Waals surface area contributed by atoms with E-state index in [4.69, 9.17) is 30.5 Å². The maximum absolute atomic E-state index is 13.7. The number of nitrogens with zero attached hydrogens (tertiary/aromatic N) is 3. The summed E-state index contributed by atoms with van der Waals surface area (Å²) >= 11 is 10.3. The number of aromatic nitrogens is 2. The molecule has 7 nitrogen and oxygen atoms in total. The Kier molecular flexibility index (Phi) is 7.37. The van der Waals surface area contributed by atoms with Gasteiger partial charge in [0.1, 0.15) is 17.9 Å². The molecule has 0 radical (unpaired) electrons. The van der Waals surface area contributed by atoms with Crippen LogP contribution in [0, 0.1) is 0 Å². The van der Waals surface area contributed by atoms with Crippen LogP contribution in [0.3, 0.4) is 0 Å². The third-order valence-corrected chi connectivity index (χ3v) is 8.18. The maximum Gasteiger partial charge on any atom is 0.282 e. The third-order valence-electron chi connectivity index (χ3n) is 7.31. The molecule has 44 heavy (non-hydrogen) atoms. The summed E-state index contributed by atoms with van der Waals surface area (Å²) in [7, 11) is 1.60. The quantitative estimate of drug-likeness (QED) is 0.159. The Hall–Kier alpha value is -4.92. The number of methoxy groups -OCH3 is 1. The standard InChI is InChI=1S/C35H23BrClN3O4/c1-42-30-14-7-15-31-26(30)18-32(44-31)34-39-29-13-5-4-12-25(29)35(41)40(34)38-19-21-16-27(36)33(28(37)17-21)43-20-23-10-6-9-22-8-2-3-11-24(22)23/h2-19H,20H2,1H3. The third kappa shape index (κ3) is 5.12. The number of hydrogen-bond acceptors (Lipinski definition) is 6. The Bertz CT molecular complexity index is 2260. The van der Waals surface area contributed by atoms with Gasteiger partial charge in [-0.15, -0.1) is 0 Å². The molecule has 0 bridgehead atoms. The smallest absolute Gasteiger partial charge is 0.282 e. The number of fused-ring (bicyclic) bond motifs is 3. The Morgan fingerprint density at radius 2 is 1.70 bits per heavy atom. The fourth-order valence-electron chi connectivity index (χ4n) is 5.20. The average molecular weight is 665 g/mol. The molecule has 0 spiro atoms. The van der Waals surface area contributed by atoms with E-state index in [1.165, 1.54) is 4.68 Å². The Labute approximate surface area is 265 Å². The fourth-order valence-corrected chi connectivity index (χ4v) is 6.19. The highest BCUT2D eigenvalue weighted by atomic mass is 79.9. The van der Waals surface area contributed by atoms with E-state index in [0.717, 1.165) is 21.7 Å². The molecule has 2 heterocycles. The highest BCUT2D eigenvalue weighted by molar-refractivity contribution is 9.10. The van der Waals surface area contributed by atoms with Crippen LogP contribution < -0.4 is 15.0 Å². The molecule has 0 amide bonds. The lowest BCUT2D eigenvalue weighted by atomic mass is 10.1. The van der Waals surface area contributed by atoms with E-state index in [9.17, 15) is 4.79 Å². The van der Waals surface area contributed by atoms with Crippen molar-refractivity contribution in [2.45, 2.75) is 6.61 Å². The van der Waals surface area contributed by atoms with Crippen molar-refractivity contribution < 1.29 is 13.9 Å². The van der Waals surface area contributed by atoms with Gasteiger partial charge in [0.05, 0.1) is 39.1 Å². The highest BCUT2D eigenvalue weighted by Crippen LogP contribution is 2.36. The lowest BCUT2D eigenvalue weighted by molar-refractivity contribution is 0.306. The molecule has 0 aliphatic rings. The number of hydrogen-bond donors (Lipinski definition) is 0. The van der Waals surface area contributed by atoms with Gasteiger partial charge in [-0.1, -0.05) is 72.3 Å². The van der Waals surface area contributed by atoms with E-state index in [2.05, 4.69) is 39.2 Å². The van der Waals surface area contributed by atoms with Crippen LogP contribution in [0.15, 0.2) is 122 Å². The van der Waals surface area contributed by atoms with Gasteiger partial charge in [-0.05, 0) is 80.3 Å². The highest BCUT2D eigenvalue weighted by Gasteiger charge is 2.18. The van der Waals surface area contributed by atoms with Crippen LogP contribution in [0.25, 0.3) is 44.2 Å². The second-order valence-electron chi connectivity index (χ2n) is 10.0. The Balaban J connectivity index is 1.25. The molecule has 0 fully saturated rings. The van der Waals surface area contributed by atoms with Gasteiger partial charge in [0.15, 0.2) is 11.5 Å². The first-order valence-corrected chi connectivity index (χ1v) is 14.9. The number of para-hydroxylation sites is 1. The average Bonchev–Trinajstić information content (AvgIpc) is 3.48. The predicted octanol–water partition coefficient (Wildman–Crippen LogP) is 8.85. The number of rotatable bonds is 7. The summed E-state index contributed by atoms with van der Waals surface area (Å²) < 4.78 is 19.7. The van der Waals surface area contributed by atoms with Crippen molar-refractivity contribution in [1.29, 1.82) is 0 Å². The minimum Gasteiger partial charge on any atom is -0.496 e. The van der Waals surface area contributed by atoms with Crippen LogP contribution in [-0.4, -0.2) is 23.0 Å². The van der Waals surface area contributed by atoms with E-state index in [1.54, 1.807) is 43.7 Å². The SMILES string of the molecule is COc1cccc2oc(-c3nc4ccccc4c(=O)n3N=Cc3cc(Cl)c(OCc4cccc5ccccc45)c(Br)c3)cc12. The molecule has 5 aromatic carbocycles. The summed E-state index contributed by atoms with van der Waals surface area (Å²) in [5, 5.41) is 8.42. The van der Waals surface area contributed by atoms with Gasteiger partial charge in [0, 0.05) is 0 Å². The largest absolute Gasteiger partial charge is 0.496 e. The molecule has 0 atom stereocenters. The summed E-state index contributed by atoms with van der Waals surface area (Å²) in [5.41, 5.74) is 2.50. The minimum absolute atomic E-state index is 0.253. The van der Waals surface area contributed by atoms with Crippen molar-refractivity contribution in [2.75, 3.05) is 7.11 Å². The molecule has 0 saturated heterocycles. The maximum atomic E-state index is 13.7. The summed E-state index contributed by atoms with van der Waals surface area (Å²) in [6.07, 6.45) is 1.55. The van der Waals surface area contributed by atoms with Crippen molar-refractivity contribution in [3.8, 4) is 23.1 Å². The van der Waals surface area contributed by atoms with E-state index in [1.807, 2.05) is 54.6 Å². The molecule has 0 unspecified atom stereocenters. The van der Waals surface area contributed by atoms with E-state index in [0.29, 0.717) is 55.4 Å². The minimum atomic E-state index is -0.338. The van der Waals surface area contributed by atoms with Crippen LogP contribution in [-0.2, 0) is 6.61 Å². The molecule has 9 heteroatoms. The summed E-state index contributed by atoms with van der Waals surface area (Å²) in [4.78, 5) is 18.4. The molecule has 0 aliphatic carbocycles. The van der Waals surface area contributed by atoms with Crippen molar-refractivity contribution in [3.05, 3.63) is 134 Å². The zero-order valence-electron chi connectivity index (χ0n) is 23.3. The topological polar surface area (TPSA) is 78.9 Å². The summed E-state index contributed by atoms with van der Waals surface area (Å²) in [5.74, 6) is 1.79. The van der Waals surface area contributed by atoms with Gasteiger partial charge in [-0.3, -0.25) is 4.79 Å². The summed E-state index contributed by atoms with van der Waals surface area (Å²) in [6.45, 7) is 0.344. The normalized spacial score (nSPS) is 11.6.